The Morgan fingerprint density at radius 1 is 1.50 bits per heavy atom. The van der Waals surface area contributed by atoms with E-state index >= 15 is 0 Å². The van der Waals surface area contributed by atoms with Gasteiger partial charge in [-0.3, -0.25) is 4.18 Å². The van der Waals surface area contributed by atoms with Crippen LogP contribution in [0.2, 0.25) is 0 Å². The zero-order valence-corrected chi connectivity index (χ0v) is 13.2. The van der Waals surface area contributed by atoms with E-state index in [9.17, 15) is 8.42 Å². The van der Waals surface area contributed by atoms with Crippen molar-refractivity contribution in [1.29, 1.82) is 0 Å². The Bertz CT molecular complexity index is 520. The maximum Gasteiger partial charge on any atom is 0.264 e. The molecule has 0 aliphatic carbocycles. The molecule has 1 aromatic heterocycles. The van der Waals surface area contributed by atoms with Gasteiger partial charge >= 0.3 is 0 Å². The lowest BCUT2D eigenvalue weighted by atomic mass is 10.2. The smallest absolute Gasteiger partial charge is 0.264 e. The molecule has 0 aliphatic rings. The van der Waals surface area contributed by atoms with Crippen molar-refractivity contribution in [2.45, 2.75) is 29.7 Å². The summed E-state index contributed by atoms with van der Waals surface area (Å²) in [7, 11) is -2.01. The minimum absolute atomic E-state index is 0.0957. The van der Waals surface area contributed by atoms with Gasteiger partial charge in [0.05, 0.1) is 28.9 Å². The molecule has 0 aliphatic heterocycles. The lowest BCUT2D eigenvalue weighted by Crippen LogP contribution is -2.20. The van der Waals surface area contributed by atoms with Gasteiger partial charge < -0.3 is 4.84 Å². The van der Waals surface area contributed by atoms with Gasteiger partial charge in [0.2, 0.25) is 0 Å². The molecule has 112 valence electrons. The molecule has 0 fully saturated rings. The Morgan fingerprint density at radius 2 is 2.25 bits per heavy atom. The second kappa shape index (κ2) is 8.23. The third-order valence-electron chi connectivity index (χ3n) is 2.15. The summed E-state index contributed by atoms with van der Waals surface area (Å²) in [5.74, 6) is 0. The average molecular weight is 318 g/mol. The summed E-state index contributed by atoms with van der Waals surface area (Å²) in [5.41, 5.74) is 0. The average Bonchev–Trinajstić information content (AvgIpc) is 2.35. The van der Waals surface area contributed by atoms with Gasteiger partial charge in [-0.25, -0.2) is 4.98 Å². The highest BCUT2D eigenvalue weighted by atomic mass is 32.2. The van der Waals surface area contributed by atoms with Gasteiger partial charge in [0, 0.05) is 6.20 Å². The first-order valence-corrected chi connectivity index (χ1v) is 8.63. The molecule has 0 amide bonds. The van der Waals surface area contributed by atoms with Gasteiger partial charge in [0.25, 0.3) is 10.1 Å². The molecule has 2 atom stereocenters. The molecule has 1 heterocycles. The summed E-state index contributed by atoms with van der Waals surface area (Å²) in [6.45, 7) is 1.70. The standard InChI is InChI=1S/C12H18N2O4S2/c1-10(18-20(3,15)16)8-11(9-14-17-2)19-12-6-4-5-7-13-12/h4-7,9-11H,8H2,1-3H3/b14-9+. The van der Waals surface area contributed by atoms with Crippen molar-refractivity contribution in [3.8, 4) is 0 Å². The number of oxime groups is 1. The minimum Gasteiger partial charge on any atom is -0.399 e. The molecule has 0 bridgehead atoms. The Hall–Kier alpha value is -1.12. The predicted octanol–water partition coefficient (Wildman–Crippen LogP) is 1.93. The zero-order chi connectivity index (χ0) is 15.0. The fourth-order valence-corrected chi connectivity index (χ4v) is 3.25. The SMILES string of the molecule is CO/N=C/C(CC(C)OS(C)(=O)=O)Sc1ccccn1. The van der Waals surface area contributed by atoms with E-state index in [1.54, 1.807) is 19.3 Å². The quantitative estimate of drug-likeness (QED) is 0.315. The fourth-order valence-electron chi connectivity index (χ4n) is 1.50. The van der Waals surface area contributed by atoms with Gasteiger partial charge in [0.15, 0.2) is 0 Å². The maximum absolute atomic E-state index is 11.1. The molecule has 6 nitrogen and oxygen atoms in total. The van der Waals surface area contributed by atoms with Gasteiger partial charge in [-0.05, 0) is 25.5 Å². The Labute approximate surface area is 123 Å². The monoisotopic (exact) mass is 318 g/mol. The molecular formula is C12H18N2O4S2. The summed E-state index contributed by atoms with van der Waals surface area (Å²) in [4.78, 5) is 8.88. The minimum atomic E-state index is -3.46. The highest BCUT2D eigenvalue weighted by Gasteiger charge is 2.17. The summed E-state index contributed by atoms with van der Waals surface area (Å²) in [6, 6.07) is 5.59. The van der Waals surface area contributed by atoms with Crippen molar-refractivity contribution in [1.82, 2.24) is 4.98 Å². The first-order chi connectivity index (χ1) is 9.40. The molecule has 20 heavy (non-hydrogen) atoms. The fraction of sp³-hybridized carbons (Fsp3) is 0.500. The molecule has 1 aromatic rings. The van der Waals surface area contributed by atoms with Gasteiger partial charge in [-0.1, -0.05) is 23.0 Å². The first-order valence-electron chi connectivity index (χ1n) is 5.93. The van der Waals surface area contributed by atoms with Crippen LogP contribution in [0.4, 0.5) is 0 Å². The molecule has 0 aromatic carbocycles. The van der Waals surface area contributed by atoms with E-state index < -0.39 is 16.2 Å². The van der Waals surface area contributed by atoms with Crippen molar-refractivity contribution < 1.29 is 17.4 Å². The third-order valence-corrected chi connectivity index (χ3v) is 3.92. The van der Waals surface area contributed by atoms with Gasteiger partial charge in [-0.15, -0.1) is 0 Å². The number of rotatable bonds is 8. The molecule has 0 N–H and O–H groups in total. The van der Waals surface area contributed by atoms with Crippen LogP contribution < -0.4 is 0 Å². The van der Waals surface area contributed by atoms with Crippen LogP contribution >= 0.6 is 11.8 Å². The molecule has 0 saturated carbocycles. The number of nitrogens with zero attached hydrogens (tertiary/aromatic N) is 2. The lowest BCUT2D eigenvalue weighted by Gasteiger charge is -2.16. The highest BCUT2D eigenvalue weighted by molar-refractivity contribution is 8.00. The first kappa shape index (κ1) is 16.9. The second-order valence-corrected chi connectivity index (χ2v) is 6.97. The Morgan fingerprint density at radius 3 is 2.80 bits per heavy atom. The van der Waals surface area contributed by atoms with Gasteiger partial charge in [-0.2, -0.15) is 8.42 Å². The van der Waals surface area contributed by atoms with Crippen LogP contribution in [0, 0.1) is 0 Å². The number of hydrogen-bond donors (Lipinski definition) is 0. The van der Waals surface area contributed by atoms with E-state index in [4.69, 9.17) is 4.18 Å². The van der Waals surface area contributed by atoms with Crippen molar-refractivity contribution in [3.63, 3.8) is 0 Å². The topological polar surface area (TPSA) is 77.9 Å². The van der Waals surface area contributed by atoms with E-state index in [1.807, 2.05) is 18.2 Å². The Balaban J connectivity index is 2.67. The van der Waals surface area contributed by atoms with Crippen LogP contribution in [0.1, 0.15) is 13.3 Å². The molecule has 0 radical (unpaired) electrons. The van der Waals surface area contributed by atoms with Crippen molar-refractivity contribution >= 4 is 28.1 Å². The van der Waals surface area contributed by atoms with Gasteiger partial charge in [0.1, 0.15) is 7.11 Å². The summed E-state index contributed by atoms with van der Waals surface area (Å²) in [6.07, 6.45) is 4.37. The zero-order valence-electron chi connectivity index (χ0n) is 11.6. The van der Waals surface area contributed by atoms with Crippen molar-refractivity contribution in [2.75, 3.05) is 13.4 Å². The van der Waals surface area contributed by atoms with E-state index in [-0.39, 0.29) is 5.25 Å². The van der Waals surface area contributed by atoms with E-state index in [0.29, 0.717) is 6.42 Å². The predicted molar refractivity (Wildman–Crippen MR) is 79.4 cm³/mol. The number of aromatic nitrogens is 1. The number of thioether (sulfide) groups is 1. The van der Waals surface area contributed by atoms with Crippen LogP contribution in [0.3, 0.4) is 0 Å². The van der Waals surface area contributed by atoms with Crippen molar-refractivity contribution in [2.24, 2.45) is 5.16 Å². The van der Waals surface area contributed by atoms with Crippen LogP contribution in [0.15, 0.2) is 34.6 Å². The molecule has 1 rings (SSSR count). The Kier molecular flexibility index (Phi) is 6.97. The van der Waals surface area contributed by atoms with E-state index in [1.165, 1.54) is 18.9 Å². The normalized spacial score (nSPS) is 15.2. The van der Waals surface area contributed by atoms with Crippen molar-refractivity contribution in [3.05, 3.63) is 24.4 Å². The second-order valence-electron chi connectivity index (χ2n) is 4.11. The third kappa shape index (κ3) is 7.46. The molecule has 0 spiro atoms. The summed E-state index contributed by atoms with van der Waals surface area (Å²) >= 11 is 1.47. The summed E-state index contributed by atoms with van der Waals surface area (Å²) < 4.78 is 27.1. The van der Waals surface area contributed by atoms with Crippen LogP contribution in [0.25, 0.3) is 0 Å². The number of pyridine rings is 1. The molecule has 0 saturated heterocycles. The largest absolute Gasteiger partial charge is 0.399 e. The van der Waals surface area contributed by atoms with Crippen LogP contribution in [-0.2, 0) is 19.1 Å². The van der Waals surface area contributed by atoms with E-state index in [0.717, 1.165) is 11.3 Å². The molecular weight excluding hydrogens is 300 g/mol. The number of hydrogen-bond acceptors (Lipinski definition) is 7. The van der Waals surface area contributed by atoms with E-state index in [2.05, 4.69) is 15.0 Å². The summed E-state index contributed by atoms with van der Waals surface area (Å²) in [5, 5.41) is 4.47. The molecule has 2 unspecified atom stereocenters. The van der Waals surface area contributed by atoms with Crippen LogP contribution in [0.5, 0.6) is 0 Å². The lowest BCUT2D eigenvalue weighted by molar-refractivity contribution is 0.211. The highest BCUT2D eigenvalue weighted by Crippen LogP contribution is 2.24. The van der Waals surface area contributed by atoms with Crippen LogP contribution in [-0.4, -0.2) is 44.3 Å². The molecule has 8 heteroatoms. The maximum atomic E-state index is 11.1.